The molecule has 0 saturated carbocycles. The summed E-state index contributed by atoms with van der Waals surface area (Å²) in [5.41, 5.74) is 6.80. The summed E-state index contributed by atoms with van der Waals surface area (Å²) in [6.07, 6.45) is 1.82. The Morgan fingerprint density at radius 2 is 1.61 bits per heavy atom. The van der Waals surface area contributed by atoms with Crippen LogP contribution in [0.1, 0.15) is 36.1 Å². The molecule has 122 valence electrons. The molecule has 3 nitrogen and oxygen atoms in total. The van der Waals surface area contributed by atoms with Gasteiger partial charge >= 0.3 is 0 Å². The summed E-state index contributed by atoms with van der Waals surface area (Å²) in [6.45, 7) is 8.64. The normalized spacial score (nSPS) is 10.4. The molecule has 2 rings (SSSR count). The van der Waals surface area contributed by atoms with Gasteiger partial charge in [-0.3, -0.25) is 4.79 Å². The van der Waals surface area contributed by atoms with Gasteiger partial charge in [-0.05, 0) is 61.1 Å². The zero-order valence-corrected chi connectivity index (χ0v) is 14.5. The molecule has 2 aromatic carbocycles. The molecule has 0 spiro atoms. The molecule has 0 heterocycles. The second kappa shape index (κ2) is 7.82. The van der Waals surface area contributed by atoms with Gasteiger partial charge < -0.3 is 10.6 Å². The van der Waals surface area contributed by atoms with Gasteiger partial charge in [0.2, 0.25) is 5.91 Å². The molecule has 0 aromatic heterocycles. The molecule has 0 aliphatic carbocycles. The average molecular weight is 310 g/mol. The fraction of sp³-hybridized carbons (Fsp3) is 0.350. The number of anilines is 2. The van der Waals surface area contributed by atoms with E-state index in [4.69, 9.17) is 0 Å². The van der Waals surface area contributed by atoms with Crippen molar-refractivity contribution >= 4 is 17.3 Å². The van der Waals surface area contributed by atoms with E-state index >= 15 is 0 Å². The summed E-state index contributed by atoms with van der Waals surface area (Å²) in [5, 5.41) is 6.27. The predicted molar refractivity (Wildman–Crippen MR) is 98.2 cm³/mol. The van der Waals surface area contributed by atoms with E-state index in [-0.39, 0.29) is 12.5 Å². The van der Waals surface area contributed by atoms with Crippen molar-refractivity contribution in [3.63, 3.8) is 0 Å². The Kier molecular flexibility index (Phi) is 5.80. The van der Waals surface area contributed by atoms with Crippen molar-refractivity contribution in [1.82, 2.24) is 0 Å². The van der Waals surface area contributed by atoms with Crippen LogP contribution < -0.4 is 10.6 Å². The SMILES string of the molecule is CCc1cccc(CC)c1NC(=O)CNc1ccc(C)c(C)c1. The molecule has 0 atom stereocenters. The monoisotopic (exact) mass is 310 g/mol. The Balaban J connectivity index is 2.04. The largest absolute Gasteiger partial charge is 0.376 e. The van der Waals surface area contributed by atoms with Crippen molar-refractivity contribution in [3.05, 3.63) is 58.7 Å². The summed E-state index contributed by atoms with van der Waals surface area (Å²) in [5.74, 6) is -0.0150. The van der Waals surface area contributed by atoms with Gasteiger partial charge in [0.1, 0.15) is 0 Å². The minimum Gasteiger partial charge on any atom is -0.376 e. The molecule has 2 N–H and O–H groups in total. The van der Waals surface area contributed by atoms with Crippen molar-refractivity contribution in [1.29, 1.82) is 0 Å². The van der Waals surface area contributed by atoms with Crippen molar-refractivity contribution in [3.8, 4) is 0 Å². The lowest BCUT2D eigenvalue weighted by atomic mass is 10.0. The number of nitrogens with one attached hydrogen (secondary N) is 2. The van der Waals surface area contributed by atoms with E-state index in [1.165, 1.54) is 22.3 Å². The first-order valence-corrected chi connectivity index (χ1v) is 8.26. The lowest BCUT2D eigenvalue weighted by molar-refractivity contribution is -0.114. The number of hydrogen-bond donors (Lipinski definition) is 2. The number of aryl methyl sites for hydroxylation is 4. The topological polar surface area (TPSA) is 41.1 Å². The van der Waals surface area contributed by atoms with Gasteiger partial charge in [0, 0.05) is 11.4 Å². The van der Waals surface area contributed by atoms with Crippen LogP contribution in [0, 0.1) is 13.8 Å². The molecule has 0 aliphatic rings. The van der Waals surface area contributed by atoms with Gasteiger partial charge in [-0.1, -0.05) is 38.1 Å². The minimum atomic E-state index is -0.0150. The number of hydrogen-bond acceptors (Lipinski definition) is 2. The number of carbonyl (C=O) groups excluding carboxylic acids is 1. The van der Waals surface area contributed by atoms with Crippen molar-refractivity contribution in [2.45, 2.75) is 40.5 Å². The van der Waals surface area contributed by atoms with E-state index in [9.17, 15) is 4.79 Å². The standard InChI is InChI=1S/C20H26N2O/c1-5-16-8-7-9-17(6-2)20(16)22-19(23)13-21-18-11-10-14(3)15(4)12-18/h7-12,21H,5-6,13H2,1-4H3,(H,22,23). The fourth-order valence-corrected chi connectivity index (χ4v) is 2.62. The van der Waals surface area contributed by atoms with Gasteiger partial charge in [-0.15, -0.1) is 0 Å². The Bertz CT molecular complexity index is 670. The van der Waals surface area contributed by atoms with Crippen LogP contribution in [0.2, 0.25) is 0 Å². The third-order valence-corrected chi connectivity index (χ3v) is 4.22. The first kappa shape index (κ1) is 17.1. The predicted octanol–water partition coefficient (Wildman–Crippen LogP) is 4.48. The van der Waals surface area contributed by atoms with E-state index in [0.29, 0.717) is 0 Å². The molecule has 0 saturated heterocycles. The van der Waals surface area contributed by atoms with Crippen LogP contribution in [0.15, 0.2) is 36.4 Å². The highest BCUT2D eigenvalue weighted by Gasteiger charge is 2.10. The third-order valence-electron chi connectivity index (χ3n) is 4.22. The Morgan fingerprint density at radius 1 is 0.957 bits per heavy atom. The van der Waals surface area contributed by atoms with Gasteiger partial charge in [0.25, 0.3) is 0 Å². The Labute approximate surface area is 139 Å². The average Bonchev–Trinajstić information content (AvgIpc) is 2.56. The summed E-state index contributed by atoms with van der Waals surface area (Å²) in [7, 11) is 0. The van der Waals surface area contributed by atoms with Crippen LogP contribution in [0.25, 0.3) is 0 Å². The minimum absolute atomic E-state index is 0.0150. The van der Waals surface area contributed by atoms with Crippen LogP contribution in [-0.4, -0.2) is 12.5 Å². The van der Waals surface area contributed by atoms with Crippen LogP contribution in [0.5, 0.6) is 0 Å². The summed E-state index contributed by atoms with van der Waals surface area (Å²) >= 11 is 0. The highest BCUT2D eigenvalue weighted by molar-refractivity contribution is 5.95. The summed E-state index contributed by atoms with van der Waals surface area (Å²) in [6, 6.07) is 12.3. The van der Waals surface area contributed by atoms with E-state index in [0.717, 1.165) is 24.2 Å². The van der Waals surface area contributed by atoms with Crippen molar-refractivity contribution in [2.24, 2.45) is 0 Å². The maximum atomic E-state index is 12.3. The van der Waals surface area contributed by atoms with Gasteiger partial charge in [-0.2, -0.15) is 0 Å². The van der Waals surface area contributed by atoms with Gasteiger partial charge in [0.15, 0.2) is 0 Å². The smallest absolute Gasteiger partial charge is 0.243 e. The fourth-order valence-electron chi connectivity index (χ4n) is 2.62. The first-order valence-electron chi connectivity index (χ1n) is 8.26. The third kappa shape index (κ3) is 4.35. The molecular formula is C20H26N2O. The van der Waals surface area contributed by atoms with Crippen molar-refractivity contribution in [2.75, 3.05) is 17.2 Å². The molecule has 0 radical (unpaired) electrons. The lowest BCUT2D eigenvalue weighted by Crippen LogP contribution is -2.23. The zero-order valence-electron chi connectivity index (χ0n) is 14.5. The highest BCUT2D eigenvalue weighted by atomic mass is 16.1. The number of benzene rings is 2. The summed E-state index contributed by atoms with van der Waals surface area (Å²) in [4.78, 5) is 12.3. The second-order valence-electron chi connectivity index (χ2n) is 5.86. The van der Waals surface area contributed by atoms with Crippen molar-refractivity contribution < 1.29 is 4.79 Å². The molecule has 0 unspecified atom stereocenters. The molecule has 1 amide bonds. The summed E-state index contributed by atoms with van der Waals surface area (Å²) < 4.78 is 0. The first-order chi connectivity index (χ1) is 11.0. The van der Waals surface area contributed by atoms with Gasteiger partial charge in [0.05, 0.1) is 6.54 Å². The molecule has 0 aliphatic heterocycles. The van der Waals surface area contributed by atoms with E-state index in [1.807, 2.05) is 6.07 Å². The molecule has 3 heteroatoms. The molecule has 0 fully saturated rings. The zero-order chi connectivity index (χ0) is 16.8. The van der Waals surface area contributed by atoms with Gasteiger partial charge in [-0.25, -0.2) is 0 Å². The second-order valence-corrected chi connectivity index (χ2v) is 5.86. The maximum Gasteiger partial charge on any atom is 0.243 e. The Morgan fingerprint density at radius 3 is 2.17 bits per heavy atom. The lowest BCUT2D eigenvalue weighted by Gasteiger charge is -2.15. The molecule has 0 bridgehead atoms. The van der Waals surface area contributed by atoms with E-state index in [1.54, 1.807) is 0 Å². The van der Waals surface area contributed by atoms with E-state index in [2.05, 4.69) is 68.7 Å². The number of carbonyl (C=O) groups is 1. The highest BCUT2D eigenvalue weighted by Crippen LogP contribution is 2.22. The van der Waals surface area contributed by atoms with E-state index < -0.39 is 0 Å². The number of amides is 1. The van der Waals surface area contributed by atoms with Crippen LogP contribution in [-0.2, 0) is 17.6 Å². The molecule has 23 heavy (non-hydrogen) atoms. The van der Waals surface area contributed by atoms with Crippen LogP contribution >= 0.6 is 0 Å². The van der Waals surface area contributed by atoms with Crippen LogP contribution in [0.3, 0.4) is 0 Å². The Hall–Kier alpha value is -2.29. The van der Waals surface area contributed by atoms with Crippen LogP contribution in [0.4, 0.5) is 11.4 Å². The number of rotatable bonds is 6. The number of para-hydroxylation sites is 1. The maximum absolute atomic E-state index is 12.3. The molecule has 2 aromatic rings. The molecular weight excluding hydrogens is 284 g/mol. The quantitative estimate of drug-likeness (QED) is 0.826.